The number of ether oxygens (including phenoxy) is 1. The van der Waals surface area contributed by atoms with Crippen LogP contribution in [0.15, 0.2) is 48.5 Å². The molecular formula is C31H37N7O5S. The fourth-order valence-corrected chi connectivity index (χ4v) is 7.20. The lowest BCUT2D eigenvalue weighted by atomic mass is 10.0. The van der Waals surface area contributed by atoms with Gasteiger partial charge in [-0.05, 0) is 54.3 Å². The summed E-state index contributed by atoms with van der Waals surface area (Å²) in [5.74, 6) is 1.01. The number of carboxylic acid groups (broad SMARTS) is 1. The third-order valence-corrected chi connectivity index (χ3v) is 9.21. The first kappa shape index (κ1) is 30.8. The summed E-state index contributed by atoms with van der Waals surface area (Å²) in [4.78, 5) is 18.5. The van der Waals surface area contributed by atoms with Gasteiger partial charge in [0.2, 0.25) is 10.0 Å². The van der Waals surface area contributed by atoms with Gasteiger partial charge in [0.05, 0.1) is 23.3 Å². The number of nitrogens with two attached hydrogens (primary N) is 1. The summed E-state index contributed by atoms with van der Waals surface area (Å²) in [5, 5.41) is 27.3. The molecular weight excluding hydrogens is 582 g/mol. The number of amidine groups is 2. The van der Waals surface area contributed by atoms with Crippen molar-refractivity contribution >= 4 is 55.3 Å². The second-order valence-electron chi connectivity index (χ2n) is 11.6. The number of rotatable bonds is 8. The number of benzene rings is 3. The Morgan fingerprint density at radius 3 is 2.39 bits per heavy atom. The van der Waals surface area contributed by atoms with E-state index in [1.165, 1.54) is 10.4 Å². The summed E-state index contributed by atoms with van der Waals surface area (Å²) in [6, 6.07) is 14.4. The Bertz CT molecular complexity index is 1890. The minimum absolute atomic E-state index is 0.0208. The zero-order chi connectivity index (χ0) is 31.9. The highest BCUT2D eigenvalue weighted by molar-refractivity contribution is 7.92. The summed E-state index contributed by atoms with van der Waals surface area (Å²) in [7, 11) is -3.78. The van der Waals surface area contributed by atoms with Crippen molar-refractivity contribution in [3.63, 3.8) is 0 Å². The van der Waals surface area contributed by atoms with Gasteiger partial charge in [-0.2, -0.15) is 0 Å². The molecule has 0 aliphatic carbocycles. The van der Waals surface area contributed by atoms with Gasteiger partial charge >= 0.3 is 6.16 Å². The Hall–Kier alpha value is -4.65. The van der Waals surface area contributed by atoms with Gasteiger partial charge in [0, 0.05) is 43.2 Å². The van der Waals surface area contributed by atoms with Crippen molar-refractivity contribution in [3.8, 4) is 5.75 Å². The number of piperidine rings is 1. The zero-order valence-electron chi connectivity index (χ0n) is 25.2. The molecule has 5 N–H and O–H groups in total. The largest absolute Gasteiger partial charge is 0.511 e. The van der Waals surface area contributed by atoms with Crippen molar-refractivity contribution in [2.24, 2.45) is 5.73 Å². The predicted octanol–water partition coefficient (Wildman–Crippen LogP) is 4.93. The van der Waals surface area contributed by atoms with Gasteiger partial charge in [0.1, 0.15) is 17.2 Å². The zero-order valence-corrected chi connectivity index (χ0v) is 26.0. The summed E-state index contributed by atoms with van der Waals surface area (Å²) in [6.45, 7) is 7.12. The van der Waals surface area contributed by atoms with E-state index in [2.05, 4.69) is 0 Å². The van der Waals surface area contributed by atoms with Crippen molar-refractivity contribution in [2.45, 2.75) is 52.1 Å². The lowest BCUT2D eigenvalue weighted by Gasteiger charge is -2.38. The molecule has 1 aromatic heterocycles. The van der Waals surface area contributed by atoms with Crippen molar-refractivity contribution in [1.82, 2.24) is 14.5 Å². The van der Waals surface area contributed by atoms with E-state index in [-0.39, 0.29) is 23.5 Å². The highest BCUT2D eigenvalue weighted by atomic mass is 32.2. The van der Waals surface area contributed by atoms with Crippen molar-refractivity contribution in [1.29, 1.82) is 10.8 Å². The number of carbonyl (C=O) groups is 1. The first-order chi connectivity index (χ1) is 20.7. The molecule has 44 heavy (non-hydrogen) atoms. The molecule has 232 valence electrons. The maximum absolute atomic E-state index is 13.3. The fraction of sp³-hybridized carbons (Fsp3) is 0.355. The Morgan fingerprint density at radius 2 is 1.80 bits per heavy atom. The Labute approximate surface area is 256 Å². The van der Waals surface area contributed by atoms with E-state index in [0.29, 0.717) is 66.4 Å². The SMILES string of the molecule is CC(=N)N1CCC(N(c2cc(OC(=O)O)c3nc(C(C)C)n(Cc4ccc5ccc(C(=N)N)cc5c4)c3c2)S(C)(=O)=O)CC1. The van der Waals surface area contributed by atoms with Crippen LogP contribution >= 0.6 is 0 Å². The number of likely N-dealkylation sites (tertiary alicyclic amines) is 1. The number of nitrogens with one attached hydrogen (secondary N) is 2. The number of imidazole rings is 1. The van der Waals surface area contributed by atoms with Crippen LogP contribution in [-0.4, -0.2) is 71.2 Å². The van der Waals surface area contributed by atoms with Gasteiger partial charge in [-0.25, -0.2) is 18.2 Å². The molecule has 0 radical (unpaired) electrons. The molecule has 3 aromatic carbocycles. The molecule has 1 aliphatic heterocycles. The Morgan fingerprint density at radius 1 is 1.11 bits per heavy atom. The van der Waals surface area contributed by atoms with Crippen molar-refractivity contribution in [3.05, 3.63) is 65.5 Å². The van der Waals surface area contributed by atoms with E-state index < -0.39 is 16.2 Å². The maximum atomic E-state index is 13.3. The minimum atomic E-state index is -3.78. The van der Waals surface area contributed by atoms with Crippen LogP contribution in [0.1, 0.15) is 56.5 Å². The molecule has 0 atom stereocenters. The molecule has 4 aromatic rings. The van der Waals surface area contributed by atoms with Gasteiger partial charge in [-0.15, -0.1) is 0 Å². The quantitative estimate of drug-likeness (QED) is 0.0928. The second-order valence-corrected chi connectivity index (χ2v) is 13.4. The maximum Gasteiger partial charge on any atom is 0.511 e. The lowest BCUT2D eigenvalue weighted by Crippen LogP contribution is -2.48. The monoisotopic (exact) mass is 619 g/mol. The number of sulfonamides is 1. The first-order valence-electron chi connectivity index (χ1n) is 14.3. The third kappa shape index (κ3) is 6.18. The van der Waals surface area contributed by atoms with Gasteiger partial charge in [0.15, 0.2) is 5.75 Å². The molecule has 0 saturated carbocycles. The van der Waals surface area contributed by atoms with Crippen LogP contribution in [0.25, 0.3) is 21.8 Å². The van der Waals surface area contributed by atoms with Crippen LogP contribution in [0.4, 0.5) is 10.5 Å². The van der Waals surface area contributed by atoms with Crippen LogP contribution in [0.3, 0.4) is 0 Å². The van der Waals surface area contributed by atoms with E-state index in [1.54, 1.807) is 19.1 Å². The smallest absolute Gasteiger partial charge is 0.449 e. The predicted molar refractivity (Wildman–Crippen MR) is 172 cm³/mol. The standard InChI is InChI=1S/C31H37N7O5S/c1-18(2)30-35-28-26(37(30)17-20-5-6-21-7-8-22(29(33)34)14-23(21)13-20)15-25(16-27(28)43-31(39)40)38(44(4,41)42)24-9-11-36(12-10-24)19(3)32/h5-8,13-16,18,24,32H,9-12,17H2,1-4H3,(H3,33,34)(H,39,40). The number of fused-ring (bicyclic) bond motifs is 2. The summed E-state index contributed by atoms with van der Waals surface area (Å²) in [6.07, 6.45) is 0.628. The van der Waals surface area contributed by atoms with Crippen LogP contribution in [0.2, 0.25) is 0 Å². The Balaban J connectivity index is 1.66. The number of hydrogen-bond acceptors (Lipinski definition) is 7. The molecule has 1 fully saturated rings. The summed E-state index contributed by atoms with van der Waals surface area (Å²) < 4.78 is 35.1. The molecule has 1 aliphatic rings. The number of nitrogen functional groups attached to an aromatic ring is 1. The average molecular weight is 620 g/mol. The summed E-state index contributed by atoms with van der Waals surface area (Å²) >= 11 is 0. The van der Waals surface area contributed by atoms with E-state index in [4.69, 9.17) is 26.3 Å². The molecule has 0 amide bonds. The van der Waals surface area contributed by atoms with Crippen molar-refractivity contribution < 1.29 is 23.1 Å². The Kier molecular flexibility index (Phi) is 8.25. The molecule has 1 saturated heterocycles. The number of nitrogens with zero attached hydrogens (tertiary/aromatic N) is 4. The lowest BCUT2D eigenvalue weighted by molar-refractivity contribution is 0.145. The van der Waals surface area contributed by atoms with Crippen LogP contribution < -0.4 is 14.8 Å². The van der Waals surface area contributed by atoms with E-state index in [0.717, 1.165) is 22.6 Å². The number of anilines is 1. The normalized spacial score (nSPS) is 14.3. The van der Waals surface area contributed by atoms with E-state index in [1.807, 2.05) is 53.6 Å². The fourth-order valence-electron chi connectivity index (χ4n) is 5.96. The number of aromatic nitrogens is 2. The van der Waals surface area contributed by atoms with Gasteiger partial charge in [0.25, 0.3) is 0 Å². The topological polar surface area (TPSA) is 179 Å². The van der Waals surface area contributed by atoms with Crippen molar-refractivity contribution in [2.75, 3.05) is 23.7 Å². The molecule has 13 heteroatoms. The highest BCUT2D eigenvalue weighted by Gasteiger charge is 2.32. The molecule has 0 bridgehead atoms. The van der Waals surface area contributed by atoms with Gasteiger partial charge in [-0.3, -0.25) is 15.1 Å². The van der Waals surface area contributed by atoms with Gasteiger partial charge in [-0.1, -0.05) is 38.1 Å². The van der Waals surface area contributed by atoms with Crippen LogP contribution in [0, 0.1) is 10.8 Å². The van der Waals surface area contributed by atoms with E-state index in [9.17, 15) is 18.3 Å². The first-order valence-corrected chi connectivity index (χ1v) is 16.2. The molecule has 5 rings (SSSR count). The molecule has 12 nitrogen and oxygen atoms in total. The molecule has 0 spiro atoms. The molecule has 2 heterocycles. The summed E-state index contributed by atoms with van der Waals surface area (Å²) in [5.41, 5.74) is 8.43. The molecule has 0 unspecified atom stereocenters. The van der Waals surface area contributed by atoms with Crippen LogP contribution in [-0.2, 0) is 16.6 Å². The number of hydrogen-bond donors (Lipinski definition) is 4. The van der Waals surface area contributed by atoms with Crippen LogP contribution in [0.5, 0.6) is 5.75 Å². The second kappa shape index (κ2) is 11.8. The average Bonchev–Trinajstić information content (AvgIpc) is 3.30. The highest BCUT2D eigenvalue weighted by Crippen LogP contribution is 2.37. The van der Waals surface area contributed by atoms with E-state index >= 15 is 0 Å². The third-order valence-electron chi connectivity index (χ3n) is 7.99. The van der Waals surface area contributed by atoms with Gasteiger partial charge < -0.3 is 25.0 Å². The minimum Gasteiger partial charge on any atom is -0.449 e.